The number of hydrogen-bond acceptors (Lipinski definition) is 3. The van der Waals surface area contributed by atoms with E-state index in [-0.39, 0.29) is 5.91 Å². The lowest BCUT2D eigenvalue weighted by atomic mass is 10.1. The second kappa shape index (κ2) is 11.9. The fourth-order valence-electron chi connectivity index (χ4n) is 3.52. The molecule has 0 spiro atoms. The number of thioether (sulfide) groups is 1. The van der Waals surface area contributed by atoms with Crippen molar-refractivity contribution < 1.29 is 9.53 Å². The minimum atomic E-state index is 0.00823. The van der Waals surface area contributed by atoms with E-state index in [1.165, 1.54) is 4.90 Å². The summed E-state index contributed by atoms with van der Waals surface area (Å²) < 4.78 is 5.87. The molecule has 0 atom stereocenters. The van der Waals surface area contributed by atoms with Gasteiger partial charge in [-0.05, 0) is 47.5 Å². The van der Waals surface area contributed by atoms with E-state index in [1.807, 2.05) is 83.8 Å². The predicted octanol–water partition coefficient (Wildman–Crippen LogP) is 6.70. The first-order valence-electron chi connectivity index (χ1n) is 11.1. The molecule has 166 valence electrons. The Kier molecular flexibility index (Phi) is 8.20. The van der Waals surface area contributed by atoms with Crippen LogP contribution >= 0.6 is 11.8 Å². The maximum atomic E-state index is 13.4. The summed E-state index contributed by atoms with van der Waals surface area (Å²) in [5.41, 5.74) is 2.88. The largest absolute Gasteiger partial charge is 0.493 e. The van der Waals surface area contributed by atoms with Gasteiger partial charge in [-0.15, -0.1) is 11.8 Å². The number of amides is 1. The average Bonchev–Trinajstić information content (AvgIpc) is 2.88. The van der Waals surface area contributed by atoms with Gasteiger partial charge in [0.2, 0.25) is 0 Å². The topological polar surface area (TPSA) is 29.5 Å². The Bertz CT molecular complexity index is 1080. The number of ether oxygens (including phenoxy) is 1. The van der Waals surface area contributed by atoms with E-state index in [1.54, 1.807) is 11.8 Å². The van der Waals surface area contributed by atoms with Crippen LogP contribution in [0.15, 0.2) is 120 Å². The van der Waals surface area contributed by atoms with Crippen molar-refractivity contribution in [1.29, 1.82) is 0 Å². The molecule has 0 N–H and O–H groups in total. The molecule has 0 saturated heterocycles. The number of carbonyl (C=O) groups excluding carboxylic acids is 1. The molecule has 0 aliphatic heterocycles. The molecule has 0 saturated carbocycles. The molecular weight excluding hydrogens is 426 g/mol. The second-order valence-electron chi connectivity index (χ2n) is 7.67. The highest BCUT2D eigenvalue weighted by molar-refractivity contribution is 7.99. The third kappa shape index (κ3) is 6.99. The lowest BCUT2D eigenvalue weighted by molar-refractivity contribution is 0.0730. The van der Waals surface area contributed by atoms with Gasteiger partial charge in [0.05, 0.1) is 6.61 Å². The maximum absolute atomic E-state index is 13.4. The summed E-state index contributed by atoms with van der Waals surface area (Å²) in [4.78, 5) is 16.5. The molecule has 0 radical (unpaired) electrons. The first kappa shape index (κ1) is 22.7. The molecule has 0 unspecified atom stereocenters. The van der Waals surface area contributed by atoms with Gasteiger partial charge in [0.15, 0.2) is 0 Å². The summed E-state index contributed by atoms with van der Waals surface area (Å²) in [5, 5.41) is 0. The fraction of sp³-hybridized carbons (Fsp3) is 0.138. The Labute approximate surface area is 200 Å². The summed E-state index contributed by atoms with van der Waals surface area (Å²) in [6.07, 6.45) is 0. The van der Waals surface area contributed by atoms with E-state index < -0.39 is 0 Å². The third-order valence-corrected chi connectivity index (χ3v) is 6.16. The molecule has 4 aromatic rings. The third-order valence-electron chi connectivity index (χ3n) is 5.18. The second-order valence-corrected chi connectivity index (χ2v) is 8.84. The van der Waals surface area contributed by atoms with E-state index in [0.29, 0.717) is 25.3 Å². The Morgan fingerprint density at radius 1 is 0.667 bits per heavy atom. The van der Waals surface area contributed by atoms with Crippen LogP contribution in [0.5, 0.6) is 5.75 Å². The fourth-order valence-corrected chi connectivity index (χ4v) is 4.27. The van der Waals surface area contributed by atoms with Crippen LogP contribution in [0.1, 0.15) is 21.5 Å². The Hall–Kier alpha value is -3.50. The number of hydrogen-bond donors (Lipinski definition) is 0. The van der Waals surface area contributed by atoms with Gasteiger partial charge < -0.3 is 9.64 Å². The predicted molar refractivity (Wildman–Crippen MR) is 136 cm³/mol. The van der Waals surface area contributed by atoms with Gasteiger partial charge >= 0.3 is 0 Å². The van der Waals surface area contributed by atoms with Gasteiger partial charge in [-0.2, -0.15) is 0 Å². The lowest BCUT2D eigenvalue weighted by Crippen LogP contribution is -2.30. The number of nitrogens with zero attached hydrogens (tertiary/aromatic N) is 1. The van der Waals surface area contributed by atoms with E-state index in [4.69, 9.17) is 4.74 Å². The van der Waals surface area contributed by atoms with Crippen molar-refractivity contribution in [2.24, 2.45) is 0 Å². The quantitative estimate of drug-likeness (QED) is 0.198. The van der Waals surface area contributed by atoms with E-state index in [2.05, 4.69) is 36.4 Å². The van der Waals surface area contributed by atoms with Crippen LogP contribution in [0.25, 0.3) is 0 Å². The monoisotopic (exact) mass is 453 g/mol. The summed E-state index contributed by atoms with van der Waals surface area (Å²) >= 11 is 1.77. The van der Waals surface area contributed by atoms with Crippen molar-refractivity contribution in [3.05, 3.63) is 132 Å². The average molecular weight is 454 g/mol. The molecule has 4 aromatic carbocycles. The highest BCUT2D eigenvalue weighted by Crippen LogP contribution is 2.19. The summed E-state index contributed by atoms with van der Waals surface area (Å²) in [5.74, 6) is 1.65. The molecule has 0 heterocycles. The molecule has 0 bridgehead atoms. The van der Waals surface area contributed by atoms with Gasteiger partial charge in [0.25, 0.3) is 5.91 Å². The molecule has 0 aliphatic carbocycles. The van der Waals surface area contributed by atoms with Crippen LogP contribution < -0.4 is 4.74 Å². The van der Waals surface area contributed by atoms with Crippen LogP contribution in [0, 0.1) is 0 Å². The number of rotatable bonds is 10. The van der Waals surface area contributed by atoms with Gasteiger partial charge in [0.1, 0.15) is 5.75 Å². The SMILES string of the molecule is O=C(c1ccc(OCCSc2ccccc2)cc1)N(Cc1ccccc1)Cc1ccccc1. The van der Waals surface area contributed by atoms with Crippen LogP contribution in [-0.2, 0) is 13.1 Å². The Balaban J connectivity index is 1.38. The van der Waals surface area contributed by atoms with E-state index in [9.17, 15) is 4.79 Å². The molecule has 4 heteroatoms. The molecule has 0 fully saturated rings. The number of carbonyl (C=O) groups is 1. The van der Waals surface area contributed by atoms with Crippen LogP contribution in [0.2, 0.25) is 0 Å². The van der Waals surface area contributed by atoms with E-state index in [0.717, 1.165) is 22.6 Å². The van der Waals surface area contributed by atoms with Crippen LogP contribution in [-0.4, -0.2) is 23.2 Å². The normalized spacial score (nSPS) is 10.5. The molecule has 0 aromatic heterocycles. The highest BCUT2D eigenvalue weighted by atomic mass is 32.2. The summed E-state index contributed by atoms with van der Waals surface area (Å²) in [7, 11) is 0. The summed E-state index contributed by atoms with van der Waals surface area (Å²) in [6.45, 7) is 1.73. The lowest BCUT2D eigenvalue weighted by Gasteiger charge is -2.23. The van der Waals surface area contributed by atoms with Crippen LogP contribution in [0.4, 0.5) is 0 Å². The number of benzene rings is 4. The van der Waals surface area contributed by atoms with Gasteiger partial charge in [-0.3, -0.25) is 4.79 Å². The maximum Gasteiger partial charge on any atom is 0.254 e. The Morgan fingerprint density at radius 2 is 1.18 bits per heavy atom. The zero-order chi connectivity index (χ0) is 22.7. The minimum Gasteiger partial charge on any atom is -0.493 e. The first-order chi connectivity index (χ1) is 16.3. The zero-order valence-electron chi connectivity index (χ0n) is 18.5. The molecule has 3 nitrogen and oxygen atoms in total. The van der Waals surface area contributed by atoms with Crippen molar-refractivity contribution in [2.45, 2.75) is 18.0 Å². The Morgan fingerprint density at radius 3 is 1.73 bits per heavy atom. The van der Waals surface area contributed by atoms with Crippen molar-refractivity contribution in [3.8, 4) is 5.75 Å². The first-order valence-corrected chi connectivity index (χ1v) is 12.0. The van der Waals surface area contributed by atoms with Crippen molar-refractivity contribution in [2.75, 3.05) is 12.4 Å². The summed E-state index contributed by atoms with van der Waals surface area (Å²) in [6, 6.07) is 38.0. The van der Waals surface area contributed by atoms with Gasteiger partial charge in [-0.25, -0.2) is 0 Å². The standard InChI is InChI=1S/C29H27NO2S/c31-29(30(22-24-10-4-1-5-11-24)23-25-12-6-2-7-13-25)26-16-18-27(19-17-26)32-20-21-33-28-14-8-3-9-15-28/h1-19H,20-23H2. The van der Waals surface area contributed by atoms with Gasteiger partial charge in [0, 0.05) is 29.3 Å². The smallest absolute Gasteiger partial charge is 0.254 e. The van der Waals surface area contributed by atoms with Crippen molar-refractivity contribution >= 4 is 17.7 Å². The van der Waals surface area contributed by atoms with Crippen LogP contribution in [0.3, 0.4) is 0 Å². The molecule has 4 rings (SSSR count). The van der Waals surface area contributed by atoms with E-state index >= 15 is 0 Å². The highest BCUT2D eigenvalue weighted by Gasteiger charge is 2.17. The van der Waals surface area contributed by atoms with Gasteiger partial charge in [-0.1, -0.05) is 78.9 Å². The molecule has 1 amide bonds. The molecular formula is C29H27NO2S. The molecule has 33 heavy (non-hydrogen) atoms. The zero-order valence-corrected chi connectivity index (χ0v) is 19.3. The minimum absolute atomic E-state index is 0.00823. The van der Waals surface area contributed by atoms with Crippen molar-refractivity contribution in [1.82, 2.24) is 4.90 Å². The molecule has 0 aliphatic rings. The van der Waals surface area contributed by atoms with Crippen molar-refractivity contribution in [3.63, 3.8) is 0 Å².